The van der Waals surface area contributed by atoms with E-state index in [0.717, 1.165) is 33.4 Å². The van der Waals surface area contributed by atoms with Gasteiger partial charge in [-0.25, -0.2) is 4.79 Å². The number of benzene rings is 5. The predicted octanol–water partition coefficient (Wildman–Crippen LogP) is 7.00. The van der Waals surface area contributed by atoms with Crippen LogP contribution >= 0.6 is 0 Å². The Labute approximate surface area is 335 Å². The van der Waals surface area contributed by atoms with E-state index in [2.05, 4.69) is 17.2 Å². The number of esters is 1. The topological polar surface area (TPSA) is 102 Å². The standard InChI is InChI=1S/C48H49NO8/c1-35(50)49-42(48(51)52-2)29-37-25-23-36(24-26-37)27-28-43-45(54-31-39-17-9-4-10-18-39)47(56-33-41-21-13-6-14-22-41)46(55-32-40-19-11-5-12-20-40)44(57-43)34-53-30-38-15-7-3-8-16-38/h3-26,42-47H,29-34H2,1-2H3,(H,49,50)/t42?,43-,44+,45-,46+,47+/m0/s1. The van der Waals surface area contributed by atoms with Gasteiger partial charge in [0.1, 0.15) is 36.6 Å². The van der Waals surface area contributed by atoms with Gasteiger partial charge in [0.15, 0.2) is 0 Å². The number of rotatable bonds is 17. The summed E-state index contributed by atoms with van der Waals surface area (Å²) in [6, 6.07) is 46.8. The van der Waals surface area contributed by atoms with Crippen LogP contribution in [0.3, 0.4) is 0 Å². The highest BCUT2D eigenvalue weighted by atomic mass is 16.6. The molecule has 0 aromatic heterocycles. The van der Waals surface area contributed by atoms with E-state index in [0.29, 0.717) is 26.4 Å². The van der Waals surface area contributed by atoms with Crippen LogP contribution in [-0.4, -0.2) is 62.2 Å². The minimum absolute atomic E-state index is 0.230. The average Bonchev–Trinajstić information content (AvgIpc) is 3.25. The number of hydrogen-bond acceptors (Lipinski definition) is 8. The molecule has 0 aliphatic carbocycles. The van der Waals surface area contributed by atoms with Crippen molar-refractivity contribution >= 4 is 11.9 Å². The van der Waals surface area contributed by atoms with Gasteiger partial charge in [-0.3, -0.25) is 4.79 Å². The molecular formula is C48H49NO8. The van der Waals surface area contributed by atoms with E-state index < -0.39 is 42.5 Å². The molecule has 1 amide bonds. The summed E-state index contributed by atoms with van der Waals surface area (Å²) >= 11 is 0. The lowest BCUT2D eigenvalue weighted by Crippen LogP contribution is -2.60. The molecule has 57 heavy (non-hydrogen) atoms. The number of hydrogen-bond donors (Lipinski definition) is 1. The van der Waals surface area contributed by atoms with E-state index in [4.69, 9.17) is 28.4 Å². The maximum absolute atomic E-state index is 12.3. The van der Waals surface area contributed by atoms with Gasteiger partial charge in [-0.15, -0.1) is 0 Å². The van der Waals surface area contributed by atoms with E-state index in [1.54, 1.807) is 0 Å². The first kappa shape index (κ1) is 41.0. The molecular weight excluding hydrogens is 719 g/mol. The lowest BCUT2D eigenvalue weighted by molar-refractivity contribution is -0.261. The Morgan fingerprint density at radius 1 is 0.614 bits per heavy atom. The summed E-state index contributed by atoms with van der Waals surface area (Å²) in [4.78, 5) is 24.0. The molecule has 1 N–H and O–H groups in total. The van der Waals surface area contributed by atoms with Crippen LogP contribution in [0, 0.1) is 11.8 Å². The monoisotopic (exact) mass is 767 g/mol. The number of amides is 1. The Morgan fingerprint density at radius 2 is 1.09 bits per heavy atom. The third kappa shape index (κ3) is 12.7. The number of carbonyl (C=O) groups excluding carboxylic acids is 2. The van der Waals surface area contributed by atoms with Crippen LogP contribution in [0.5, 0.6) is 0 Å². The van der Waals surface area contributed by atoms with Gasteiger partial charge in [0.05, 0.1) is 40.1 Å². The second-order valence-electron chi connectivity index (χ2n) is 13.8. The van der Waals surface area contributed by atoms with Crippen LogP contribution in [-0.2, 0) is 70.9 Å². The number of ether oxygens (including phenoxy) is 6. The summed E-state index contributed by atoms with van der Waals surface area (Å²) in [5, 5.41) is 2.66. The van der Waals surface area contributed by atoms with Crippen LogP contribution < -0.4 is 5.32 Å². The van der Waals surface area contributed by atoms with Crippen LogP contribution in [0.4, 0.5) is 0 Å². The molecule has 1 saturated heterocycles. The lowest BCUT2D eigenvalue weighted by Gasteiger charge is -2.45. The molecule has 9 nitrogen and oxygen atoms in total. The highest BCUT2D eigenvalue weighted by molar-refractivity contribution is 5.83. The molecule has 1 aliphatic heterocycles. The summed E-state index contributed by atoms with van der Waals surface area (Å²) in [6.07, 6.45) is -2.82. The molecule has 1 fully saturated rings. The van der Waals surface area contributed by atoms with Crippen molar-refractivity contribution < 1.29 is 38.0 Å². The number of carbonyl (C=O) groups is 2. The zero-order valence-electron chi connectivity index (χ0n) is 32.3. The molecule has 5 aromatic rings. The summed E-state index contributed by atoms with van der Waals surface area (Å²) in [6.45, 7) is 2.97. The Hall–Kier alpha value is -5.60. The van der Waals surface area contributed by atoms with E-state index >= 15 is 0 Å². The van der Waals surface area contributed by atoms with Gasteiger partial charge in [0, 0.05) is 18.9 Å². The molecule has 1 aliphatic rings. The molecule has 1 unspecified atom stereocenters. The third-order valence-corrected chi connectivity index (χ3v) is 9.50. The molecule has 9 heteroatoms. The minimum atomic E-state index is -0.798. The first-order valence-corrected chi connectivity index (χ1v) is 19.1. The van der Waals surface area contributed by atoms with Crippen LogP contribution in [0.2, 0.25) is 0 Å². The van der Waals surface area contributed by atoms with Gasteiger partial charge in [-0.05, 0) is 39.9 Å². The number of nitrogens with one attached hydrogen (secondary N) is 1. The second kappa shape index (κ2) is 21.6. The van der Waals surface area contributed by atoms with Crippen molar-refractivity contribution in [3.8, 4) is 11.8 Å². The van der Waals surface area contributed by atoms with Crippen LogP contribution in [0.15, 0.2) is 146 Å². The largest absolute Gasteiger partial charge is 0.467 e. The fraction of sp³-hybridized carbons (Fsp3) is 0.292. The molecule has 0 radical (unpaired) electrons. The Morgan fingerprint density at radius 3 is 1.58 bits per heavy atom. The van der Waals surface area contributed by atoms with Gasteiger partial charge in [-0.1, -0.05) is 145 Å². The third-order valence-electron chi connectivity index (χ3n) is 9.50. The lowest BCUT2D eigenvalue weighted by atomic mass is 9.93. The highest BCUT2D eigenvalue weighted by Gasteiger charge is 2.48. The number of methoxy groups -OCH3 is 1. The van der Waals surface area contributed by atoms with Crippen LogP contribution in [0.25, 0.3) is 0 Å². The van der Waals surface area contributed by atoms with Gasteiger partial charge >= 0.3 is 5.97 Å². The zero-order chi connectivity index (χ0) is 39.7. The zero-order valence-corrected chi connectivity index (χ0v) is 32.3. The quantitative estimate of drug-likeness (QED) is 0.0798. The van der Waals surface area contributed by atoms with E-state index in [1.165, 1.54) is 14.0 Å². The van der Waals surface area contributed by atoms with Gasteiger partial charge in [0.2, 0.25) is 5.91 Å². The van der Waals surface area contributed by atoms with Crippen molar-refractivity contribution in [3.63, 3.8) is 0 Å². The molecule has 0 saturated carbocycles. The predicted molar refractivity (Wildman–Crippen MR) is 216 cm³/mol. The summed E-state index contributed by atoms with van der Waals surface area (Å²) in [7, 11) is 1.30. The molecule has 1 heterocycles. The molecule has 0 bridgehead atoms. The fourth-order valence-electron chi connectivity index (χ4n) is 6.60. The maximum atomic E-state index is 12.3. The Bertz CT molecular complexity index is 2020. The molecule has 6 rings (SSSR count). The SMILES string of the molecule is COC(=O)C(Cc1ccc(C#C[C@@H]2O[C@H](COCc3ccccc3)[C@@H](OCc3ccccc3)[C@H](OCc3ccccc3)[C@H]2OCc2ccccc2)cc1)NC(C)=O. The maximum Gasteiger partial charge on any atom is 0.328 e. The Kier molecular flexibility index (Phi) is 15.6. The molecule has 5 aromatic carbocycles. The second-order valence-corrected chi connectivity index (χ2v) is 13.8. The van der Waals surface area contributed by atoms with Gasteiger partial charge < -0.3 is 33.7 Å². The fourth-order valence-corrected chi connectivity index (χ4v) is 6.60. The summed E-state index contributed by atoms with van der Waals surface area (Å²) in [5.74, 6) is 5.86. The first-order chi connectivity index (χ1) is 27.9. The molecule has 0 spiro atoms. The van der Waals surface area contributed by atoms with E-state index in [9.17, 15) is 9.59 Å². The Balaban J connectivity index is 1.31. The molecule has 6 atom stereocenters. The molecule has 294 valence electrons. The summed E-state index contributed by atoms with van der Waals surface area (Å²) < 4.78 is 38.4. The van der Waals surface area contributed by atoms with Crippen molar-refractivity contribution in [1.29, 1.82) is 0 Å². The smallest absolute Gasteiger partial charge is 0.328 e. The minimum Gasteiger partial charge on any atom is -0.467 e. The van der Waals surface area contributed by atoms with Crippen LogP contribution in [0.1, 0.15) is 40.3 Å². The van der Waals surface area contributed by atoms with Crippen molar-refractivity contribution in [1.82, 2.24) is 5.32 Å². The highest BCUT2D eigenvalue weighted by Crippen LogP contribution is 2.31. The van der Waals surface area contributed by atoms with Gasteiger partial charge in [0.25, 0.3) is 0 Å². The van der Waals surface area contributed by atoms with Crippen molar-refractivity contribution in [2.45, 2.75) is 76.3 Å². The first-order valence-electron chi connectivity index (χ1n) is 19.1. The van der Waals surface area contributed by atoms with E-state index in [1.807, 2.05) is 146 Å². The van der Waals surface area contributed by atoms with Crippen molar-refractivity contribution in [2.24, 2.45) is 0 Å². The van der Waals surface area contributed by atoms with Crippen molar-refractivity contribution in [2.75, 3.05) is 13.7 Å². The van der Waals surface area contributed by atoms with Gasteiger partial charge in [-0.2, -0.15) is 0 Å². The normalized spacial score (nSPS) is 19.4. The average molecular weight is 768 g/mol. The summed E-state index contributed by atoms with van der Waals surface area (Å²) in [5.41, 5.74) is 5.66. The van der Waals surface area contributed by atoms with Crippen molar-refractivity contribution in [3.05, 3.63) is 179 Å². The van der Waals surface area contributed by atoms with E-state index in [-0.39, 0.29) is 18.9 Å².